The van der Waals surface area contributed by atoms with Crippen LogP contribution in [0.5, 0.6) is 0 Å². The fourth-order valence-corrected chi connectivity index (χ4v) is 3.05. The molecule has 0 saturated carbocycles. The quantitative estimate of drug-likeness (QED) is 0.681. The molecule has 0 unspecified atom stereocenters. The molecule has 2 atom stereocenters. The highest BCUT2D eigenvalue weighted by Crippen LogP contribution is 2.43. The van der Waals surface area contributed by atoms with E-state index in [1.165, 1.54) is 17.9 Å². The summed E-state index contributed by atoms with van der Waals surface area (Å²) in [6.07, 6.45) is 1.34. The number of hydrogen-bond donors (Lipinski definition) is 2. The van der Waals surface area contributed by atoms with Crippen LogP contribution in [-0.4, -0.2) is 56.4 Å². The molecule has 3 rings (SSSR count). The van der Waals surface area contributed by atoms with Crippen molar-refractivity contribution in [3.8, 4) is 0 Å². The Kier molecular flexibility index (Phi) is 2.73. The molecule has 21 heavy (non-hydrogen) atoms. The standard InChI is InChI=1S/C9H10N4O7S/c1-11-6-4(2-10-11)5-3-12(7(6)8(14)15)9(16)13(5)20-21(17,18)19/h2,5,7H,3H2,1H3,(H,14,15)(H,17,18,19)/t5-,7-/m0/s1. The summed E-state index contributed by atoms with van der Waals surface area (Å²) < 4.78 is 36.0. The Balaban J connectivity index is 2.12. The minimum atomic E-state index is -4.91. The number of nitrogens with zero attached hydrogens (tertiary/aromatic N) is 4. The number of urea groups is 1. The molecule has 2 aliphatic heterocycles. The van der Waals surface area contributed by atoms with Gasteiger partial charge in [-0.1, -0.05) is 0 Å². The first-order valence-electron chi connectivity index (χ1n) is 5.72. The van der Waals surface area contributed by atoms with Gasteiger partial charge in [-0.25, -0.2) is 9.59 Å². The molecule has 3 heterocycles. The van der Waals surface area contributed by atoms with Crippen molar-refractivity contribution < 1.29 is 31.9 Å². The molecule has 2 amide bonds. The van der Waals surface area contributed by atoms with Gasteiger partial charge in [0, 0.05) is 12.6 Å². The van der Waals surface area contributed by atoms with Gasteiger partial charge in [-0.15, -0.1) is 4.28 Å². The third-order valence-corrected chi connectivity index (χ3v) is 3.79. The highest BCUT2D eigenvalue weighted by atomic mass is 32.3. The summed E-state index contributed by atoms with van der Waals surface area (Å²) in [6.45, 7) is -0.0794. The van der Waals surface area contributed by atoms with E-state index in [4.69, 9.17) is 4.55 Å². The number of rotatable bonds is 3. The summed E-state index contributed by atoms with van der Waals surface area (Å²) in [5.74, 6) is -1.28. The SMILES string of the molecule is Cn1ncc2c1[C@@H](C(=O)O)N1C[C@@H]2N(OS(=O)(=O)O)C1=O. The minimum Gasteiger partial charge on any atom is -0.479 e. The van der Waals surface area contributed by atoms with Crippen LogP contribution in [0.15, 0.2) is 6.20 Å². The van der Waals surface area contributed by atoms with Gasteiger partial charge in [0.25, 0.3) is 0 Å². The summed E-state index contributed by atoms with van der Waals surface area (Å²) in [6, 6.07) is -3.12. The molecule has 0 aromatic carbocycles. The Morgan fingerprint density at radius 3 is 2.76 bits per heavy atom. The van der Waals surface area contributed by atoms with Gasteiger partial charge in [-0.2, -0.15) is 18.6 Å². The zero-order valence-electron chi connectivity index (χ0n) is 10.6. The Labute approximate surface area is 118 Å². The lowest BCUT2D eigenvalue weighted by atomic mass is 9.98. The fourth-order valence-electron chi connectivity index (χ4n) is 2.68. The fraction of sp³-hybridized carbons (Fsp3) is 0.444. The Bertz CT molecular complexity index is 741. The van der Waals surface area contributed by atoms with E-state index < -0.39 is 34.5 Å². The third kappa shape index (κ3) is 1.95. The highest BCUT2D eigenvalue weighted by molar-refractivity contribution is 7.80. The third-order valence-electron chi connectivity index (χ3n) is 3.44. The topological polar surface area (TPSA) is 142 Å². The van der Waals surface area contributed by atoms with Crippen LogP contribution in [0.4, 0.5) is 4.79 Å². The van der Waals surface area contributed by atoms with Crippen molar-refractivity contribution >= 4 is 22.4 Å². The number of carboxylic acid groups (broad SMARTS) is 1. The minimum absolute atomic E-state index is 0.0794. The van der Waals surface area contributed by atoms with Gasteiger partial charge in [0.2, 0.25) is 0 Å². The molecule has 114 valence electrons. The maximum atomic E-state index is 12.1. The molecule has 1 aromatic rings. The highest BCUT2D eigenvalue weighted by Gasteiger charge is 2.53. The first kappa shape index (κ1) is 13.8. The number of fused-ring (bicyclic) bond motifs is 4. The van der Waals surface area contributed by atoms with Crippen molar-refractivity contribution in [3.05, 3.63) is 17.5 Å². The van der Waals surface area contributed by atoms with Crippen LogP contribution >= 0.6 is 0 Å². The van der Waals surface area contributed by atoms with Crippen LogP contribution in [0.1, 0.15) is 23.3 Å². The summed E-state index contributed by atoms with van der Waals surface area (Å²) in [4.78, 5) is 24.5. The predicted octanol–water partition coefficient (Wildman–Crippen LogP) is -0.927. The van der Waals surface area contributed by atoms with E-state index in [0.29, 0.717) is 10.6 Å². The predicted molar refractivity (Wildman–Crippen MR) is 62.9 cm³/mol. The first-order chi connectivity index (χ1) is 9.70. The van der Waals surface area contributed by atoms with Crippen LogP contribution < -0.4 is 0 Å². The van der Waals surface area contributed by atoms with Gasteiger partial charge >= 0.3 is 22.4 Å². The Morgan fingerprint density at radius 2 is 2.19 bits per heavy atom. The Morgan fingerprint density at radius 1 is 1.52 bits per heavy atom. The zero-order valence-corrected chi connectivity index (χ0v) is 11.4. The van der Waals surface area contributed by atoms with Crippen molar-refractivity contribution in [2.75, 3.05) is 6.54 Å². The number of carbonyl (C=O) groups excluding carboxylic acids is 1. The molecule has 2 aliphatic rings. The van der Waals surface area contributed by atoms with Gasteiger partial charge in [0.15, 0.2) is 6.04 Å². The maximum absolute atomic E-state index is 12.1. The van der Waals surface area contributed by atoms with E-state index in [9.17, 15) is 23.1 Å². The summed E-state index contributed by atoms with van der Waals surface area (Å²) in [7, 11) is -3.40. The number of amides is 2. The van der Waals surface area contributed by atoms with Gasteiger partial charge in [0.1, 0.15) is 6.04 Å². The van der Waals surface area contributed by atoms with E-state index in [1.807, 2.05) is 0 Å². The van der Waals surface area contributed by atoms with E-state index in [2.05, 4.69) is 9.38 Å². The first-order valence-corrected chi connectivity index (χ1v) is 7.08. The second kappa shape index (κ2) is 4.16. The van der Waals surface area contributed by atoms with Crippen LogP contribution in [0.3, 0.4) is 0 Å². The second-order valence-corrected chi connectivity index (χ2v) is 5.63. The van der Waals surface area contributed by atoms with Gasteiger partial charge in [0.05, 0.1) is 18.4 Å². The van der Waals surface area contributed by atoms with E-state index >= 15 is 0 Å². The van der Waals surface area contributed by atoms with Crippen molar-refractivity contribution in [1.82, 2.24) is 19.7 Å². The molecule has 12 heteroatoms. The molecule has 2 N–H and O–H groups in total. The number of hydrogen-bond acceptors (Lipinski definition) is 6. The average Bonchev–Trinajstić information content (AvgIpc) is 2.84. The van der Waals surface area contributed by atoms with Crippen molar-refractivity contribution in [2.24, 2.45) is 7.05 Å². The molecule has 1 aromatic heterocycles. The van der Waals surface area contributed by atoms with Crippen LogP contribution in [0.2, 0.25) is 0 Å². The van der Waals surface area contributed by atoms with E-state index in [1.54, 1.807) is 0 Å². The number of aryl methyl sites for hydroxylation is 1. The maximum Gasteiger partial charge on any atom is 0.418 e. The average molecular weight is 318 g/mol. The molecule has 0 spiro atoms. The monoisotopic (exact) mass is 318 g/mol. The largest absolute Gasteiger partial charge is 0.479 e. The van der Waals surface area contributed by atoms with E-state index in [-0.39, 0.29) is 12.2 Å². The number of hydroxylamine groups is 2. The molecule has 1 fully saturated rings. The Hall–Kier alpha value is -2.18. The molecular formula is C9H10N4O7S. The smallest absolute Gasteiger partial charge is 0.418 e. The van der Waals surface area contributed by atoms with Crippen LogP contribution in [0, 0.1) is 0 Å². The number of aliphatic carboxylic acids is 1. The lowest BCUT2D eigenvalue weighted by Crippen LogP contribution is -2.39. The van der Waals surface area contributed by atoms with Gasteiger partial charge in [-0.05, 0) is 0 Å². The molecular weight excluding hydrogens is 308 g/mol. The molecule has 2 bridgehead atoms. The van der Waals surface area contributed by atoms with Crippen LogP contribution in [0.25, 0.3) is 0 Å². The van der Waals surface area contributed by atoms with Gasteiger partial charge < -0.3 is 10.0 Å². The lowest BCUT2D eigenvalue weighted by Gasteiger charge is -2.27. The normalized spacial score (nSPS) is 24.4. The zero-order chi connectivity index (χ0) is 15.5. The summed E-state index contributed by atoms with van der Waals surface area (Å²) >= 11 is 0. The number of aromatic nitrogens is 2. The molecule has 11 nitrogen and oxygen atoms in total. The molecule has 0 radical (unpaired) electrons. The number of carboxylic acids is 1. The summed E-state index contributed by atoms with van der Waals surface area (Å²) in [5, 5.41) is 13.7. The van der Waals surface area contributed by atoms with Crippen LogP contribution in [-0.2, 0) is 26.5 Å². The summed E-state index contributed by atoms with van der Waals surface area (Å²) in [5.41, 5.74) is 0.615. The molecule has 0 aliphatic carbocycles. The van der Waals surface area contributed by atoms with Crippen molar-refractivity contribution in [3.63, 3.8) is 0 Å². The van der Waals surface area contributed by atoms with Crippen molar-refractivity contribution in [1.29, 1.82) is 0 Å². The molecule has 1 saturated heterocycles. The number of carbonyl (C=O) groups is 2. The van der Waals surface area contributed by atoms with Gasteiger partial charge in [-0.3, -0.25) is 9.23 Å². The lowest BCUT2D eigenvalue weighted by molar-refractivity contribution is -0.142. The second-order valence-electron chi connectivity index (χ2n) is 4.63. The van der Waals surface area contributed by atoms with Crippen molar-refractivity contribution in [2.45, 2.75) is 12.1 Å². The van der Waals surface area contributed by atoms with E-state index in [0.717, 1.165) is 4.90 Å².